The number of aliphatic hydroxyl groups is 1. The van der Waals surface area contributed by atoms with E-state index >= 15 is 0 Å². The summed E-state index contributed by atoms with van der Waals surface area (Å²) in [7, 11) is 3.42. The lowest BCUT2D eigenvalue weighted by Gasteiger charge is -2.24. The Kier molecular flexibility index (Phi) is 4.97. The number of likely N-dealkylation sites (N-methyl/N-ethyl adjacent to an activating group) is 1. The van der Waals surface area contributed by atoms with E-state index < -0.39 is 0 Å². The van der Waals surface area contributed by atoms with Crippen molar-refractivity contribution < 1.29 is 9.90 Å². The molecule has 0 fully saturated rings. The van der Waals surface area contributed by atoms with Crippen molar-refractivity contribution in [3.8, 4) is 0 Å². The molecule has 0 spiro atoms. The Morgan fingerprint density at radius 3 is 2.56 bits per heavy atom. The van der Waals surface area contributed by atoms with Gasteiger partial charge in [-0.25, -0.2) is 0 Å². The van der Waals surface area contributed by atoms with Crippen LogP contribution in [0.5, 0.6) is 0 Å². The minimum absolute atomic E-state index is 0.0547. The number of nitrogens with zero attached hydrogens (tertiary/aromatic N) is 2. The summed E-state index contributed by atoms with van der Waals surface area (Å²) >= 11 is 0. The van der Waals surface area contributed by atoms with Crippen molar-refractivity contribution in [3.05, 3.63) is 23.8 Å². The highest BCUT2D eigenvalue weighted by Gasteiger charge is 2.13. The third-order valence-electron chi connectivity index (χ3n) is 2.78. The van der Waals surface area contributed by atoms with Gasteiger partial charge < -0.3 is 20.6 Å². The summed E-state index contributed by atoms with van der Waals surface area (Å²) in [5.74, 6) is -0.0590. The van der Waals surface area contributed by atoms with E-state index in [0.717, 1.165) is 12.2 Å². The fraction of sp³-hybridized carbons (Fsp3) is 0.462. The number of aliphatic hydroxyl groups excluding tert-OH is 1. The van der Waals surface area contributed by atoms with Gasteiger partial charge in [0.05, 0.1) is 18.0 Å². The van der Waals surface area contributed by atoms with Gasteiger partial charge in [-0.05, 0) is 25.1 Å². The van der Waals surface area contributed by atoms with Crippen LogP contribution in [-0.2, 0) is 0 Å². The van der Waals surface area contributed by atoms with E-state index in [4.69, 9.17) is 10.8 Å². The molecule has 100 valence electrons. The van der Waals surface area contributed by atoms with Crippen LogP contribution < -0.4 is 10.6 Å². The SMILES string of the molecule is CCN(CCO)c1cc(C(=O)N(C)C)ccc1N. The number of carbonyl (C=O) groups excluding carboxylic acids is 1. The Bertz CT molecular complexity index is 419. The fourth-order valence-electron chi connectivity index (χ4n) is 1.78. The number of hydrogen-bond donors (Lipinski definition) is 2. The second kappa shape index (κ2) is 6.26. The molecule has 1 aromatic rings. The van der Waals surface area contributed by atoms with E-state index in [1.54, 1.807) is 32.3 Å². The predicted octanol–water partition coefficient (Wildman–Crippen LogP) is 0.789. The molecule has 0 heterocycles. The Hall–Kier alpha value is -1.75. The second-order valence-electron chi connectivity index (χ2n) is 4.28. The Labute approximate surface area is 108 Å². The number of hydrogen-bond acceptors (Lipinski definition) is 4. The average Bonchev–Trinajstić information content (AvgIpc) is 2.36. The largest absolute Gasteiger partial charge is 0.397 e. The first-order chi connectivity index (χ1) is 8.51. The molecule has 0 atom stereocenters. The second-order valence-corrected chi connectivity index (χ2v) is 4.28. The van der Waals surface area contributed by atoms with Gasteiger partial charge in [-0.15, -0.1) is 0 Å². The smallest absolute Gasteiger partial charge is 0.253 e. The van der Waals surface area contributed by atoms with Gasteiger partial charge in [0.15, 0.2) is 0 Å². The van der Waals surface area contributed by atoms with Crippen LogP contribution in [0.1, 0.15) is 17.3 Å². The molecule has 5 heteroatoms. The Morgan fingerprint density at radius 2 is 2.06 bits per heavy atom. The monoisotopic (exact) mass is 251 g/mol. The quantitative estimate of drug-likeness (QED) is 0.759. The third-order valence-corrected chi connectivity index (χ3v) is 2.78. The minimum atomic E-state index is -0.0590. The van der Waals surface area contributed by atoms with Crippen molar-refractivity contribution in [2.45, 2.75) is 6.92 Å². The molecule has 3 N–H and O–H groups in total. The first-order valence-corrected chi connectivity index (χ1v) is 5.98. The van der Waals surface area contributed by atoms with Crippen molar-refractivity contribution in [2.24, 2.45) is 0 Å². The van der Waals surface area contributed by atoms with Crippen LogP contribution in [0.4, 0.5) is 11.4 Å². The number of nitrogens with two attached hydrogens (primary N) is 1. The molecule has 0 saturated carbocycles. The molecule has 0 aromatic heterocycles. The van der Waals surface area contributed by atoms with Gasteiger partial charge in [0.1, 0.15) is 0 Å². The zero-order chi connectivity index (χ0) is 13.7. The summed E-state index contributed by atoms with van der Waals surface area (Å²) in [5, 5.41) is 9.03. The van der Waals surface area contributed by atoms with Crippen molar-refractivity contribution in [1.82, 2.24) is 4.90 Å². The lowest BCUT2D eigenvalue weighted by Crippen LogP contribution is -2.28. The lowest BCUT2D eigenvalue weighted by atomic mass is 10.1. The number of rotatable bonds is 5. The van der Waals surface area contributed by atoms with Crippen molar-refractivity contribution in [2.75, 3.05) is 44.4 Å². The van der Waals surface area contributed by atoms with Crippen molar-refractivity contribution in [3.63, 3.8) is 0 Å². The van der Waals surface area contributed by atoms with Gasteiger partial charge in [0.25, 0.3) is 5.91 Å². The van der Waals surface area contributed by atoms with E-state index in [1.807, 2.05) is 11.8 Å². The Balaban J connectivity index is 3.11. The van der Waals surface area contributed by atoms with E-state index in [-0.39, 0.29) is 12.5 Å². The number of anilines is 2. The third kappa shape index (κ3) is 3.13. The molecular weight excluding hydrogens is 230 g/mol. The summed E-state index contributed by atoms with van der Waals surface area (Å²) in [4.78, 5) is 15.4. The summed E-state index contributed by atoms with van der Waals surface area (Å²) in [6.07, 6.45) is 0. The molecule has 0 aliphatic rings. The summed E-state index contributed by atoms with van der Waals surface area (Å²) in [6.45, 7) is 3.26. The number of benzene rings is 1. The molecule has 0 unspecified atom stereocenters. The van der Waals surface area contributed by atoms with Gasteiger partial charge in [-0.3, -0.25) is 4.79 Å². The summed E-state index contributed by atoms with van der Waals surface area (Å²) in [6, 6.07) is 5.22. The normalized spacial score (nSPS) is 10.2. The molecule has 0 radical (unpaired) electrons. The van der Waals surface area contributed by atoms with E-state index in [2.05, 4.69) is 0 Å². The molecule has 18 heavy (non-hydrogen) atoms. The molecule has 0 aliphatic carbocycles. The topological polar surface area (TPSA) is 69.8 Å². The van der Waals surface area contributed by atoms with E-state index in [1.165, 1.54) is 4.90 Å². The minimum Gasteiger partial charge on any atom is -0.397 e. The van der Waals surface area contributed by atoms with Crippen LogP contribution in [0.3, 0.4) is 0 Å². The maximum absolute atomic E-state index is 11.9. The predicted molar refractivity (Wildman–Crippen MR) is 73.8 cm³/mol. The van der Waals surface area contributed by atoms with Crippen molar-refractivity contribution in [1.29, 1.82) is 0 Å². The first-order valence-electron chi connectivity index (χ1n) is 5.98. The molecule has 1 rings (SSSR count). The van der Waals surface area contributed by atoms with Crippen LogP contribution in [0.25, 0.3) is 0 Å². The van der Waals surface area contributed by atoms with Gasteiger partial charge >= 0.3 is 0 Å². The highest BCUT2D eigenvalue weighted by Crippen LogP contribution is 2.24. The van der Waals surface area contributed by atoms with Crippen LogP contribution in [0, 0.1) is 0 Å². The van der Waals surface area contributed by atoms with Crippen LogP contribution in [0.15, 0.2) is 18.2 Å². The maximum Gasteiger partial charge on any atom is 0.253 e. The zero-order valence-electron chi connectivity index (χ0n) is 11.2. The van der Waals surface area contributed by atoms with Gasteiger partial charge in [0.2, 0.25) is 0 Å². The van der Waals surface area contributed by atoms with Crippen LogP contribution >= 0.6 is 0 Å². The lowest BCUT2D eigenvalue weighted by molar-refractivity contribution is 0.0827. The first kappa shape index (κ1) is 14.3. The number of carbonyl (C=O) groups is 1. The van der Waals surface area contributed by atoms with Crippen LogP contribution in [-0.4, -0.2) is 49.7 Å². The van der Waals surface area contributed by atoms with Crippen LogP contribution in [0.2, 0.25) is 0 Å². The van der Waals surface area contributed by atoms with E-state index in [0.29, 0.717) is 17.8 Å². The Morgan fingerprint density at radius 1 is 1.39 bits per heavy atom. The molecule has 5 nitrogen and oxygen atoms in total. The summed E-state index contributed by atoms with van der Waals surface area (Å²) < 4.78 is 0. The van der Waals surface area contributed by atoms with E-state index in [9.17, 15) is 4.79 Å². The van der Waals surface area contributed by atoms with Gasteiger partial charge in [0, 0.05) is 32.7 Å². The number of nitrogen functional groups attached to an aromatic ring is 1. The molecular formula is C13H21N3O2. The molecule has 1 aromatic carbocycles. The highest BCUT2D eigenvalue weighted by molar-refractivity contribution is 5.96. The summed E-state index contributed by atoms with van der Waals surface area (Å²) in [5.41, 5.74) is 7.92. The molecule has 0 aliphatic heterocycles. The maximum atomic E-state index is 11.9. The van der Waals surface area contributed by atoms with Gasteiger partial charge in [-0.1, -0.05) is 0 Å². The number of amides is 1. The van der Waals surface area contributed by atoms with Crippen molar-refractivity contribution >= 4 is 17.3 Å². The standard InChI is InChI=1S/C13H21N3O2/c1-4-16(7-8-17)12-9-10(5-6-11(12)14)13(18)15(2)3/h5-6,9,17H,4,7-8,14H2,1-3H3. The molecule has 0 bridgehead atoms. The average molecular weight is 251 g/mol. The van der Waals surface area contributed by atoms with Gasteiger partial charge in [-0.2, -0.15) is 0 Å². The molecule has 1 amide bonds. The highest BCUT2D eigenvalue weighted by atomic mass is 16.3. The fourth-order valence-corrected chi connectivity index (χ4v) is 1.78. The molecule has 0 saturated heterocycles. The zero-order valence-corrected chi connectivity index (χ0v) is 11.2.